The predicted octanol–water partition coefficient (Wildman–Crippen LogP) is 3.50. The van der Waals surface area contributed by atoms with E-state index in [2.05, 4.69) is 5.32 Å². The van der Waals surface area contributed by atoms with Gasteiger partial charge in [-0.3, -0.25) is 14.4 Å². The van der Waals surface area contributed by atoms with Crippen molar-refractivity contribution in [3.05, 3.63) is 45.6 Å². The standard InChI is InChI=1S/C23H25NO6S/c1-12(25)24-17-8-6-14-10-19(28-3)22(29-4)23(30-13(2)26)21(14)15-7-9-20(31-5)18(27)11-16(15)17/h7,9-11,17H,6,8H2,1-5H3,(H,24,25)/t17-/m0/s1. The normalized spacial score (nSPS) is 14.5. The number of rotatable bonds is 5. The molecule has 0 bridgehead atoms. The Kier molecular flexibility index (Phi) is 6.90. The van der Waals surface area contributed by atoms with E-state index in [1.807, 2.05) is 18.4 Å². The number of amides is 1. The third-order valence-corrected chi connectivity index (χ3v) is 5.92. The van der Waals surface area contributed by atoms with Crippen LogP contribution in [-0.4, -0.2) is 32.4 Å². The van der Waals surface area contributed by atoms with Gasteiger partial charge in [0.15, 0.2) is 16.9 Å². The Morgan fingerprint density at radius 1 is 1.10 bits per heavy atom. The highest BCUT2D eigenvalue weighted by atomic mass is 32.2. The predicted molar refractivity (Wildman–Crippen MR) is 119 cm³/mol. The van der Waals surface area contributed by atoms with Crippen LogP contribution in [0.5, 0.6) is 17.2 Å². The van der Waals surface area contributed by atoms with Crippen molar-refractivity contribution in [3.63, 3.8) is 0 Å². The van der Waals surface area contributed by atoms with Crippen LogP contribution in [0.2, 0.25) is 0 Å². The third-order valence-electron chi connectivity index (χ3n) is 5.14. The van der Waals surface area contributed by atoms with Crippen LogP contribution in [0.4, 0.5) is 0 Å². The number of benzene rings is 1. The molecular formula is C23H25NO6S. The SMILES string of the molecule is COc1cc2c(c(OC(C)=O)c1OC)-c1ccc(SC)c(=O)cc1[C@@H](NC(C)=O)CC2. The number of methoxy groups -OCH3 is 2. The number of esters is 1. The van der Waals surface area contributed by atoms with E-state index in [0.717, 1.165) is 5.56 Å². The highest BCUT2D eigenvalue weighted by molar-refractivity contribution is 7.98. The summed E-state index contributed by atoms with van der Waals surface area (Å²) in [7, 11) is 2.99. The molecule has 1 amide bonds. The average Bonchev–Trinajstić information content (AvgIpc) is 2.96. The Bertz CT molecular complexity index is 1100. The van der Waals surface area contributed by atoms with Gasteiger partial charge in [0.2, 0.25) is 11.7 Å². The highest BCUT2D eigenvalue weighted by Gasteiger charge is 2.30. The molecule has 0 aliphatic heterocycles. The summed E-state index contributed by atoms with van der Waals surface area (Å²) in [5.74, 6) is 0.262. The molecule has 0 saturated carbocycles. The molecule has 8 heteroatoms. The molecule has 2 aromatic carbocycles. The van der Waals surface area contributed by atoms with Gasteiger partial charge in [-0.25, -0.2) is 0 Å². The van der Waals surface area contributed by atoms with Crippen LogP contribution in [0.15, 0.2) is 34.0 Å². The molecule has 31 heavy (non-hydrogen) atoms. The zero-order valence-corrected chi connectivity index (χ0v) is 19.0. The van der Waals surface area contributed by atoms with Crippen LogP contribution in [0.25, 0.3) is 11.1 Å². The molecule has 2 aromatic rings. The zero-order chi connectivity index (χ0) is 22.7. The number of ether oxygens (including phenoxy) is 3. The van der Waals surface area contributed by atoms with Crippen molar-refractivity contribution < 1.29 is 23.8 Å². The molecule has 7 nitrogen and oxygen atoms in total. The summed E-state index contributed by atoms with van der Waals surface area (Å²) in [5, 5.41) is 2.95. The quantitative estimate of drug-likeness (QED) is 0.430. The van der Waals surface area contributed by atoms with Gasteiger partial charge >= 0.3 is 5.97 Å². The first-order valence-corrected chi connectivity index (χ1v) is 11.0. The Labute approximate surface area is 185 Å². The summed E-state index contributed by atoms with van der Waals surface area (Å²) in [6.45, 7) is 2.76. The lowest BCUT2D eigenvalue weighted by molar-refractivity contribution is -0.132. The van der Waals surface area contributed by atoms with Gasteiger partial charge in [-0.05, 0) is 54.0 Å². The summed E-state index contributed by atoms with van der Waals surface area (Å²) in [6.07, 6.45) is 2.96. The maximum Gasteiger partial charge on any atom is 0.308 e. The van der Waals surface area contributed by atoms with E-state index < -0.39 is 5.97 Å². The Hall–Kier alpha value is -3.00. The molecule has 0 spiro atoms. The second-order valence-electron chi connectivity index (χ2n) is 7.14. The van der Waals surface area contributed by atoms with Crippen molar-refractivity contribution in [2.45, 2.75) is 37.6 Å². The Morgan fingerprint density at radius 3 is 2.42 bits per heavy atom. The number of carbonyl (C=O) groups excluding carboxylic acids is 2. The van der Waals surface area contributed by atoms with E-state index in [4.69, 9.17) is 14.2 Å². The van der Waals surface area contributed by atoms with Gasteiger partial charge in [0.1, 0.15) is 0 Å². The highest BCUT2D eigenvalue weighted by Crippen LogP contribution is 2.50. The number of nitrogens with one attached hydrogen (secondary N) is 1. The van der Waals surface area contributed by atoms with E-state index in [1.54, 1.807) is 12.1 Å². The van der Waals surface area contributed by atoms with E-state index in [0.29, 0.717) is 45.9 Å². The van der Waals surface area contributed by atoms with Crippen LogP contribution >= 0.6 is 11.8 Å². The molecule has 1 aliphatic carbocycles. The Balaban J connectivity index is 2.44. The van der Waals surface area contributed by atoms with Crippen LogP contribution < -0.4 is 25.0 Å². The van der Waals surface area contributed by atoms with Gasteiger partial charge in [-0.15, -0.1) is 11.8 Å². The molecular weight excluding hydrogens is 418 g/mol. The van der Waals surface area contributed by atoms with Crippen LogP contribution in [0, 0.1) is 0 Å². The van der Waals surface area contributed by atoms with E-state index in [-0.39, 0.29) is 23.1 Å². The molecule has 3 rings (SSSR count). The van der Waals surface area contributed by atoms with Crippen molar-refractivity contribution in [1.82, 2.24) is 5.32 Å². The summed E-state index contributed by atoms with van der Waals surface area (Å²) >= 11 is 1.35. The number of thioether (sulfide) groups is 1. The first kappa shape index (κ1) is 22.7. The molecule has 0 saturated heterocycles. The smallest absolute Gasteiger partial charge is 0.308 e. The van der Waals surface area contributed by atoms with Crippen molar-refractivity contribution >= 4 is 23.6 Å². The monoisotopic (exact) mass is 443 g/mol. The van der Waals surface area contributed by atoms with Crippen molar-refractivity contribution in [1.29, 1.82) is 0 Å². The van der Waals surface area contributed by atoms with E-state index in [9.17, 15) is 14.4 Å². The number of aryl methyl sites for hydroxylation is 1. The average molecular weight is 444 g/mol. The van der Waals surface area contributed by atoms with Crippen LogP contribution in [0.3, 0.4) is 0 Å². The second kappa shape index (κ2) is 9.43. The molecule has 1 aliphatic rings. The van der Waals surface area contributed by atoms with Gasteiger partial charge < -0.3 is 19.5 Å². The van der Waals surface area contributed by atoms with Gasteiger partial charge in [0.05, 0.1) is 25.2 Å². The van der Waals surface area contributed by atoms with Gasteiger partial charge in [-0.1, -0.05) is 6.07 Å². The summed E-state index contributed by atoms with van der Waals surface area (Å²) < 4.78 is 16.6. The molecule has 0 unspecified atom stereocenters. The summed E-state index contributed by atoms with van der Waals surface area (Å²) in [6, 6.07) is 6.62. The van der Waals surface area contributed by atoms with Crippen molar-refractivity contribution in [2.24, 2.45) is 0 Å². The molecule has 1 N–H and O–H groups in total. The number of hydrogen-bond acceptors (Lipinski definition) is 7. The van der Waals surface area contributed by atoms with E-state index in [1.165, 1.54) is 39.8 Å². The van der Waals surface area contributed by atoms with Crippen LogP contribution in [0.1, 0.15) is 37.4 Å². The first-order chi connectivity index (χ1) is 14.8. The minimum atomic E-state index is -0.507. The molecule has 164 valence electrons. The summed E-state index contributed by atoms with van der Waals surface area (Å²) in [5.41, 5.74) is 2.74. The first-order valence-electron chi connectivity index (χ1n) is 9.76. The molecule has 0 heterocycles. The fourth-order valence-corrected chi connectivity index (χ4v) is 4.37. The topological polar surface area (TPSA) is 90.9 Å². The summed E-state index contributed by atoms with van der Waals surface area (Å²) in [4.78, 5) is 37.2. The molecule has 1 atom stereocenters. The van der Waals surface area contributed by atoms with Crippen molar-refractivity contribution in [3.8, 4) is 28.4 Å². The minimum Gasteiger partial charge on any atom is -0.493 e. The third kappa shape index (κ3) is 4.54. The van der Waals surface area contributed by atoms with Gasteiger partial charge in [0, 0.05) is 19.4 Å². The lowest BCUT2D eigenvalue weighted by Gasteiger charge is -2.19. The molecule has 0 fully saturated rings. The fraction of sp³-hybridized carbons (Fsp3) is 0.348. The lowest BCUT2D eigenvalue weighted by Crippen LogP contribution is -2.26. The van der Waals surface area contributed by atoms with E-state index >= 15 is 0 Å². The van der Waals surface area contributed by atoms with Gasteiger partial charge in [0.25, 0.3) is 0 Å². The maximum atomic E-state index is 12.8. The maximum absolute atomic E-state index is 12.8. The molecule has 0 aromatic heterocycles. The zero-order valence-electron chi connectivity index (χ0n) is 18.2. The number of fused-ring (bicyclic) bond motifs is 3. The van der Waals surface area contributed by atoms with Crippen LogP contribution in [-0.2, 0) is 16.0 Å². The largest absolute Gasteiger partial charge is 0.493 e. The lowest BCUT2D eigenvalue weighted by atomic mass is 9.95. The Morgan fingerprint density at radius 2 is 1.84 bits per heavy atom. The molecule has 0 radical (unpaired) electrons. The number of carbonyl (C=O) groups is 2. The minimum absolute atomic E-state index is 0.137. The fourth-order valence-electron chi connectivity index (χ4n) is 3.91. The van der Waals surface area contributed by atoms with Crippen molar-refractivity contribution in [2.75, 3.05) is 20.5 Å². The van der Waals surface area contributed by atoms with Gasteiger partial charge in [-0.2, -0.15) is 0 Å². The second-order valence-corrected chi connectivity index (χ2v) is 7.99. The number of hydrogen-bond donors (Lipinski definition) is 1.